The van der Waals surface area contributed by atoms with Crippen LogP contribution in [0.15, 0.2) is 30.5 Å². The lowest BCUT2D eigenvalue weighted by Gasteiger charge is -2.23. The molecule has 0 amide bonds. The van der Waals surface area contributed by atoms with Crippen LogP contribution < -0.4 is 0 Å². The van der Waals surface area contributed by atoms with Gasteiger partial charge in [0.05, 0.1) is 0 Å². The van der Waals surface area contributed by atoms with Crippen molar-refractivity contribution < 1.29 is 5.11 Å². The Morgan fingerprint density at radius 3 is 3.00 bits per heavy atom. The van der Waals surface area contributed by atoms with Crippen LogP contribution in [0, 0.1) is 0 Å². The molecule has 16 heavy (non-hydrogen) atoms. The number of aromatic nitrogens is 1. The molecule has 3 nitrogen and oxygen atoms in total. The predicted octanol–water partition coefficient (Wildman–Crippen LogP) is 1.69. The minimum atomic E-state index is -0.684. The molecule has 0 aliphatic carbocycles. The van der Waals surface area contributed by atoms with Gasteiger partial charge in [-0.15, -0.1) is 0 Å². The normalized spacial score (nSPS) is 26.6. The van der Waals surface area contributed by atoms with E-state index in [1.54, 1.807) is 0 Å². The average molecular weight is 216 g/mol. The van der Waals surface area contributed by atoms with Gasteiger partial charge in [-0.25, -0.2) is 0 Å². The monoisotopic (exact) mass is 216 g/mol. The third-order valence-corrected chi connectivity index (χ3v) is 3.53. The van der Waals surface area contributed by atoms with Gasteiger partial charge in [0.15, 0.2) is 0 Å². The summed E-state index contributed by atoms with van der Waals surface area (Å²) in [5, 5.41) is 11.8. The smallest absolute Gasteiger partial charge is 0.104 e. The van der Waals surface area contributed by atoms with Crippen LogP contribution in [-0.4, -0.2) is 35.1 Å². The van der Waals surface area contributed by atoms with Crippen LogP contribution in [-0.2, 0) is 5.60 Å². The fourth-order valence-corrected chi connectivity index (χ4v) is 2.69. The van der Waals surface area contributed by atoms with E-state index in [9.17, 15) is 5.11 Å². The highest BCUT2D eigenvalue weighted by molar-refractivity contribution is 5.83. The molecule has 1 unspecified atom stereocenters. The Hall–Kier alpha value is -1.32. The molecule has 0 saturated carbocycles. The highest BCUT2D eigenvalue weighted by Crippen LogP contribution is 2.35. The Kier molecular flexibility index (Phi) is 2.06. The van der Waals surface area contributed by atoms with Crippen molar-refractivity contribution in [3.05, 3.63) is 36.0 Å². The van der Waals surface area contributed by atoms with Crippen molar-refractivity contribution in [2.45, 2.75) is 12.0 Å². The van der Waals surface area contributed by atoms with Gasteiger partial charge < -0.3 is 15.0 Å². The largest absolute Gasteiger partial charge is 0.384 e. The van der Waals surface area contributed by atoms with E-state index < -0.39 is 5.60 Å². The maximum Gasteiger partial charge on any atom is 0.104 e. The first kappa shape index (κ1) is 9.87. The molecule has 1 fully saturated rings. The van der Waals surface area contributed by atoms with Crippen molar-refractivity contribution in [2.24, 2.45) is 0 Å². The lowest BCUT2D eigenvalue weighted by Crippen LogP contribution is -2.29. The predicted molar refractivity (Wildman–Crippen MR) is 64.3 cm³/mol. The molecule has 2 aromatic rings. The van der Waals surface area contributed by atoms with E-state index in [4.69, 9.17) is 0 Å². The average Bonchev–Trinajstić information content (AvgIpc) is 2.85. The first-order chi connectivity index (χ1) is 7.69. The summed E-state index contributed by atoms with van der Waals surface area (Å²) in [5.74, 6) is 0. The fourth-order valence-electron chi connectivity index (χ4n) is 2.69. The number of likely N-dealkylation sites (tertiary alicyclic amines) is 1. The second-order valence-electron chi connectivity index (χ2n) is 4.76. The summed E-state index contributed by atoms with van der Waals surface area (Å²) >= 11 is 0. The molecule has 2 heterocycles. The molecule has 1 atom stereocenters. The number of benzene rings is 1. The number of hydrogen-bond donors (Lipinski definition) is 2. The number of aromatic amines is 1. The van der Waals surface area contributed by atoms with Gasteiger partial charge >= 0.3 is 0 Å². The van der Waals surface area contributed by atoms with Gasteiger partial charge in [-0.1, -0.05) is 12.1 Å². The number of β-amino-alcohol motifs (C(OH)–C–C–N with tert-alkyl or cyclic N) is 1. The number of rotatable bonds is 1. The van der Waals surface area contributed by atoms with Crippen molar-refractivity contribution >= 4 is 10.9 Å². The molecular weight excluding hydrogens is 200 g/mol. The third-order valence-electron chi connectivity index (χ3n) is 3.53. The molecule has 0 spiro atoms. The van der Waals surface area contributed by atoms with E-state index in [1.807, 2.05) is 30.5 Å². The lowest BCUT2D eigenvalue weighted by molar-refractivity contribution is 0.0504. The Balaban J connectivity index is 2.15. The van der Waals surface area contributed by atoms with E-state index in [-0.39, 0.29) is 0 Å². The molecule has 84 valence electrons. The molecule has 1 saturated heterocycles. The van der Waals surface area contributed by atoms with Crippen LogP contribution in [0.3, 0.4) is 0 Å². The van der Waals surface area contributed by atoms with Crippen LogP contribution in [0.5, 0.6) is 0 Å². The lowest BCUT2D eigenvalue weighted by atomic mass is 9.90. The Labute approximate surface area is 94.7 Å². The minimum Gasteiger partial charge on any atom is -0.384 e. The van der Waals surface area contributed by atoms with Crippen molar-refractivity contribution in [3.8, 4) is 0 Å². The van der Waals surface area contributed by atoms with Crippen LogP contribution >= 0.6 is 0 Å². The van der Waals surface area contributed by atoms with Crippen LogP contribution in [0.25, 0.3) is 10.9 Å². The standard InChI is InChI=1S/C13H16N2O/c1-15-8-6-13(16,9-15)11-3-2-4-12-10(11)5-7-14-12/h2-5,7,14,16H,6,8-9H2,1H3. The number of aliphatic hydroxyl groups is 1. The molecule has 0 bridgehead atoms. The molecule has 2 N–H and O–H groups in total. The molecule has 0 radical (unpaired) electrons. The third kappa shape index (κ3) is 1.36. The van der Waals surface area contributed by atoms with Crippen molar-refractivity contribution in [3.63, 3.8) is 0 Å². The van der Waals surface area contributed by atoms with Gasteiger partial charge in [0.1, 0.15) is 5.60 Å². The molecule has 3 heteroatoms. The van der Waals surface area contributed by atoms with Crippen molar-refractivity contribution in [2.75, 3.05) is 20.1 Å². The van der Waals surface area contributed by atoms with Gasteiger partial charge in [-0.05, 0) is 31.2 Å². The zero-order valence-electron chi connectivity index (χ0n) is 9.40. The number of likely N-dealkylation sites (N-methyl/N-ethyl adjacent to an activating group) is 1. The minimum absolute atomic E-state index is 0.684. The van der Waals surface area contributed by atoms with E-state index in [0.29, 0.717) is 0 Å². The van der Waals surface area contributed by atoms with Crippen LogP contribution in [0.4, 0.5) is 0 Å². The summed E-state index contributed by atoms with van der Waals surface area (Å²) < 4.78 is 0. The molecule has 1 aliphatic rings. The Morgan fingerprint density at radius 1 is 1.38 bits per heavy atom. The highest BCUT2D eigenvalue weighted by Gasteiger charge is 2.37. The summed E-state index contributed by atoms with van der Waals surface area (Å²) in [7, 11) is 2.05. The highest BCUT2D eigenvalue weighted by atomic mass is 16.3. The summed E-state index contributed by atoms with van der Waals surface area (Å²) in [4.78, 5) is 5.36. The zero-order valence-corrected chi connectivity index (χ0v) is 9.40. The number of hydrogen-bond acceptors (Lipinski definition) is 2. The first-order valence-electron chi connectivity index (χ1n) is 5.67. The number of nitrogens with one attached hydrogen (secondary N) is 1. The van der Waals surface area contributed by atoms with Gasteiger partial charge in [-0.2, -0.15) is 0 Å². The second-order valence-corrected chi connectivity index (χ2v) is 4.76. The Morgan fingerprint density at radius 2 is 2.25 bits per heavy atom. The topological polar surface area (TPSA) is 39.3 Å². The molecule has 1 aromatic heterocycles. The van der Waals surface area contributed by atoms with E-state index in [2.05, 4.69) is 16.9 Å². The van der Waals surface area contributed by atoms with E-state index in [0.717, 1.165) is 36.0 Å². The van der Waals surface area contributed by atoms with Crippen molar-refractivity contribution in [1.29, 1.82) is 0 Å². The quantitative estimate of drug-likeness (QED) is 0.761. The fraction of sp³-hybridized carbons (Fsp3) is 0.385. The van der Waals surface area contributed by atoms with Gasteiger partial charge in [0, 0.05) is 30.2 Å². The van der Waals surface area contributed by atoms with E-state index >= 15 is 0 Å². The van der Waals surface area contributed by atoms with Crippen molar-refractivity contribution in [1.82, 2.24) is 9.88 Å². The summed E-state index contributed by atoms with van der Waals surface area (Å²) in [5.41, 5.74) is 1.47. The van der Waals surface area contributed by atoms with Crippen LogP contribution in [0.2, 0.25) is 0 Å². The maximum atomic E-state index is 10.7. The number of H-pyrrole nitrogens is 1. The van der Waals surface area contributed by atoms with E-state index in [1.165, 1.54) is 0 Å². The molecular formula is C13H16N2O. The Bertz CT molecular complexity index is 519. The first-order valence-corrected chi connectivity index (χ1v) is 5.67. The van der Waals surface area contributed by atoms with Gasteiger partial charge in [0.2, 0.25) is 0 Å². The zero-order chi connectivity index (χ0) is 11.2. The summed E-state index contributed by atoms with van der Waals surface area (Å²) in [6, 6.07) is 8.13. The second kappa shape index (κ2) is 3.34. The SMILES string of the molecule is CN1CCC(O)(c2cccc3[nH]ccc23)C1. The molecule has 3 rings (SSSR count). The van der Waals surface area contributed by atoms with Gasteiger partial charge in [0.25, 0.3) is 0 Å². The van der Waals surface area contributed by atoms with Crippen LogP contribution in [0.1, 0.15) is 12.0 Å². The summed E-state index contributed by atoms with van der Waals surface area (Å²) in [6.07, 6.45) is 2.74. The number of nitrogens with zero attached hydrogens (tertiary/aromatic N) is 1. The maximum absolute atomic E-state index is 10.7. The molecule has 1 aromatic carbocycles. The van der Waals surface area contributed by atoms with Gasteiger partial charge in [-0.3, -0.25) is 0 Å². The summed E-state index contributed by atoms with van der Waals surface area (Å²) in [6.45, 7) is 1.68. The number of fused-ring (bicyclic) bond motifs is 1. The molecule has 1 aliphatic heterocycles.